The highest BCUT2D eigenvalue weighted by Gasteiger charge is 2.24. The molecular weight excluding hydrogens is 304 g/mol. The van der Waals surface area contributed by atoms with Crippen molar-refractivity contribution in [2.75, 3.05) is 13.6 Å². The maximum absolute atomic E-state index is 12.4. The largest absolute Gasteiger partial charge is 0.351 e. The Labute approximate surface area is 142 Å². The zero-order valence-electron chi connectivity index (χ0n) is 14.3. The lowest BCUT2D eigenvalue weighted by molar-refractivity contribution is -0.126. The van der Waals surface area contributed by atoms with Gasteiger partial charge in [-0.2, -0.15) is 4.98 Å². The first-order chi connectivity index (χ1) is 11.6. The Hall–Kier alpha value is -2.21. The van der Waals surface area contributed by atoms with Gasteiger partial charge in [0.2, 0.25) is 17.6 Å². The van der Waals surface area contributed by atoms with Crippen molar-refractivity contribution in [2.24, 2.45) is 0 Å². The van der Waals surface area contributed by atoms with Gasteiger partial charge in [-0.25, -0.2) is 0 Å². The highest BCUT2D eigenvalue weighted by molar-refractivity contribution is 5.81. The van der Waals surface area contributed by atoms with Crippen LogP contribution < -0.4 is 5.32 Å². The third-order valence-corrected chi connectivity index (χ3v) is 4.53. The molecule has 1 amide bonds. The molecule has 1 fully saturated rings. The molecule has 1 atom stereocenters. The van der Waals surface area contributed by atoms with E-state index in [1.165, 1.54) is 12.8 Å². The van der Waals surface area contributed by atoms with E-state index in [1.807, 2.05) is 31.3 Å². The van der Waals surface area contributed by atoms with Crippen LogP contribution >= 0.6 is 0 Å². The molecule has 0 unspecified atom stereocenters. The summed E-state index contributed by atoms with van der Waals surface area (Å²) in [5.41, 5.74) is 1.97. The quantitative estimate of drug-likeness (QED) is 0.934. The minimum Gasteiger partial charge on any atom is -0.351 e. The van der Waals surface area contributed by atoms with Gasteiger partial charge < -0.3 is 9.84 Å². The van der Waals surface area contributed by atoms with Crippen LogP contribution in [0, 0.1) is 6.92 Å². The molecule has 0 saturated carbocycles. The van der Waals surface area contributed by atoms with Crippen molar-refractivity contribution in [3.8, 4) is 11.4 Å². The Morgan fingerprint density at radius 3 is 2.79 bits per heavy atom. The van der Waals surface area contributed by atoms with E-state index in [-0.39, 0.29) is 11.9 Å². The monoisotopic (exact) mass is 328 g/mol. The first kappa shape index (κ1) is 16.6. The van der Waals surface area contributed by atoms with Crippen molar-refractivity contribution < 1.29 is 9.32 Å². The Morgan fingerprint density at radius 2 is 2.08 bits per heavy atom. The summed E-state index contributed by atoms with van der Waals surface area (Å²) in [6, 6.07) is 7.86. The highest BCUT2D eigenvalue weighted by Crippen LogP contribution is 2.17. The number of nitrogens with zero attached hydrogens (tertiary/aromatic N) is 3. The van der Waals surface area contributed by atoms with Gasteiger partial charge in [-0.3, -0.25) is 9.69 Å². The van der Waals surface area contributed by atoms with Gasteiger partial charge in [0.15, 0.2) is 0 Å². The number of aromatic nitrogens is 2. The number of nitrogens with one attached hydrogen (secondary N) is 1. The summed E-state index contributed by atoms with van der Waals surface area (Å²) in [5.74, 6) is 1.26. The molecule has 1 aliphatic heterocycles. The second-order valence-corrected chi connectivity index (χ2v) is 6.40. The van der Waals surface area contributed by atoms with E-state index in [4.69, 9.17) is 4.52 Å². The minimum atomic E-state index is -0.00548. The number of rotatable bonds is 4. The maximum atomic E-state index is 12.4. The number of amides is 1. The molecule has 1 N–H and O–H groups in total. The van der Waals surface area contributed by atoms with E-state index >= 15 is 0 Å². The summed E-state index contributed by atoms with van der Waals surface area (Å²) < 4.78 is 4.99. The second-order valence-electron chi connectivity index (χ2n) is 6.40. The van der Waals surface area contributed by atoms with Crippen LogP contribution in [0.2, 0.25) is 0 Å². The molecule has 0 spiro atoms. The zero-order valence-corrected chi connectivity index (χ0v) is 14.3. The number of likely N-dealkylation sites (tertiary alicyclic amines) is 1. The van der Waals surface area contributed by atoms with Crippen molar-refractivity contribution in [1.82, 2.24) is 20.4 Å². The maximum Gasteiger partial charge on any atom is 0.237 e. The van der Waals surface area contributed by atoms with Crippen molar-refractivity contribution in [2.45, 2.75) is 45.2 Å². The first-order valence-electron chi connectivity index (χ1n) is 8.51. The van der Waals surface area contributed by atoms with Crippen LogP contribution in [-0.2, 0) is 11.3 Å². The van der Waals surface area contributed by atoms with Crippen LogP contribution in [0.15, 0.2) is 28.8 Å². The fourth-order valence-corrected chi connectivity index (χ4v) is 3.08. The predicted octanol–water partition coefficient (Wildman–Crippen LogP) is 2.54. The SMILES string of the molecule is Cc1nc(-c2ccc(CNC(=O)[C@@H]3CCCCCN3C)cc2)no1. The van der Waals surface area contributed by atoms with Gasteiger partial charge in [-0.1, -0.05) is 42.3 Å². The number of hydrogen-bond acceptors (Lipinski definition) is 5. The summed E-state index contributed by atoms with van der Waals surface area (Å²) in [6.45, 7) is 3.30. The van der Waals surface area contributed by atoms with Crippen LogP contribution in [-0.4, -0.2) is 40.6 Å². The van der Waals surface area contributed by atoms with Crippen molar-refractivity contribution in [3.63, 3.8) is 0 Å². The summed E-state index contributed by atoms with van der Waals surface area (Å²) in [5, 5.41) is 6.97. The van der Waals surface area contributed by atoms with Gasteiger partial charge in [0, 0.05) is 19.0 Å². The minimum absolute atomic E-state index is 0.00548. The van der Waals surface area contributed by atoms with E-state index in [0.29, 0.717) is 18.3 Å². The fraction of sp³-hybridized carbons (Fsp3) is 0.500. The van der Waals surface area contributed by atoms with Crippen LogP contribution in [0.4, 0.5) is 0 Å². The summed E-state index contributed by atoms with van der Waals surface area (Å²) in [4.78, 5) is 18.8. The number of benzene rings is 1. The van der Waals surface area contributed by atoms with E-state index in [2.05, 4.69) is 20.4 Å². The molecule has 128 valence electrons. The number of carbonyl (C=O) groups is 1. The van der Waals surface area contributed by atoms with Crippen LogP contribution in [0.1, 0.15) is 37.1 Å². The molecule has 2 heterocycles. The highest BCUT2D eigenvalue weighted by atomic mass is 16.5. The lowest BCUT2D eigenvalue weighted by Gasteiger charge is -2.24. The van der Waals surface area contributed by atoms with Crippen LogP contribution in [0.25, 0.3) is 11.4 Å². The summed E-state index contributed by atoms with van der Waals surface area (Å²) in [7, 11) is 2.04. The molecule has 2 aromatic rings. The Balaban J connectivity index is 1.57. The Morgan fingerprint density at radius 1 is 1.29 bits per heavy atom. The van der Waals surface area contributed by atoms with Gasteiger partial charge in [0.05, 0.1) is 6.04 Å². The normalized spacial score (nSPS) is 19.0. The predicted molar refractivity (Wildman–Crippen MR) is 91.2 cm³/mol. The van der Waals surface area contributed by atoms with Crippen molar-refractivity contribution >= 4 is 5.91 Å². The molecule has 1 saturated heterocycles. The number of aryl methyl sites for hydroxylation is 1. The smallest absolute Gasteiger partial charge is 0.237 e. The van der Waals surface area contributed by atoms with Crippen molar-refractivity contribution in [1.29, 1.82) is 0 Å². The van der Waals surface area contributed by atoms with Crippen LogP contribution in [0.5, 0.6) is 0 Å². The van der Waals surface area contributed by atoms with Crippen LogP contribution in [0.3, 0.4) is 0 Å². The molecule has 0 bridgehead atoms. The first-order valence-corrected chi connectivity index (χ1v) is 8.51. The van der Waals surface area contributed by atoms with Gasteiger partial charge in [0.1, 0.15) is 0 Å². The molecular formula is C18H24N4O2. The van der Waals surface area contributed by atoms with E-state index in [9.17, 15) is 4.79 Å². The Kier molecular flexibility index (Phi) is 5.25. The average molecular weight is 328 g/mol. The second kappa shape index (κ2) is 7.57. The number of hydrogen-bond donors (Lipinski definition) is 1. The molecule has 1 aliphatic rings. The Bertz CT molecular complexity index is 681. The van der Waals surface area contributed by atoms with Gasteiger partial charge in [-0.05, 0) is 32.0 Å². The average Bonchev–Trinajstić information content (AvgIpc) is 2.90. The van der Waals surface area contributed by atoms with E-state index in [1.54, 1.807) is 6.92 Å². The number of carbonyl (C=O) groups excluding carboxylic acids is 1. The molecule has 24 heavy (non-hydrogen) atoms. The molecule has 0 aliphatic carbocycles. The molecule has 1 aromatic heterocycles. The lowest BCUT2D eigenvalue weighted by atomic mass is 10.1. The summed E-state index contributed by atoms with van der Waals surface area (Å²) in [6.07, 6.45) is 4.46. The molecule has 3 rings (SSSR count). The molecule has 0 radical (unpaired) electrons. The van der Waals surface area contributed by atoms with Gasteiger partial charge >= 0.3 is 0 Å². The van der Waals surface area contributed by atoms with E-state index < -0.39 is 0 Å². The fourth-order valence-electron chi connectivity index (χ4n) is 3.08. The molecule has 6 heteroatoms. The standard InChI is InChI=1S/C18H24N4O2/c1-13-20-17(21-24-13)15-9-7-14(8-10-15)12-19-18(23)16-6-4-3-5-11-22(16)2/h7-10,16H,3-6,11-12H2,1-2H3,(H,19,23)/t16-/m0/s1. The summed E-state index contributed by atoms with van der Waals surface area (Å²) >= 11 is 0. The van der Waals surface area contributed by atoms with Gasteiger partial charge in [0.25, 0.3) is 0 Å². The zero-order chi connectivity index (χ0) is 16.9. The van der Waals surface area contributed by atoms with Crippen molar-refractivity contribution in [3.05, 3.63) is 35.7 Å². The molecule has 6 nitrogen and oxygen atoms in total. The third kappa shape index (κ3) is 4.00. The number of likely N-dealkylation sites (N-methyl/N-ethyl adjacent to an activating group) is 1. The van der Waals surface area contributed by atoms with E-state index in [0.717, 1.165) is 30.5 Å². The lowest BCUT2D eigenvalue weighted by Crippen LogP contribution is -2.44. The third-order valence-electron chi connectivity index (χ3n) is 4.53. The molecule has 1 aromatic carbocycles. The van der Waals surface area contributed by atoms with Gasteiger partial charge in [-0.15, -0.1) is 0 Å². The topological polar surface area (TPSA) is 71.3 Å².